The molecule has 0 aliphatic carbocycles. The van der Waals surface area contributed by atoms with Gasteiger partial charge in [-0.3, -0.25) is 4.90 Å². The molecule has 0 bridgehead atoms. The molecule has 0 aromatic heterocycles. The van der Waals surface area contributed by atoms with E-state index in [-0.39, 0.29) is 0 Å². The van der Waals surface area contributed by atoms with Crippen molar-refractivity contribution in [3.8, 4) is 0 Å². The summed E-state index contributed by atoms with van der Waals surface area (Å²) in [6.45, 7) is 12.5. The molecule has 0 spiro atoms. The molecule has 2 rings (SSSR count). The third kappa shape index (κ3) is 9.04. The number of aliphatic hydroxyl groups excluding tert-OH is 1. The minimum absolute atomic E-state index is 0.336. The summed E-state index contributed by atoms with van der Waals surface area (Å²) in [4.78, 5) is 7.14. The van der Waals surface area contributed by atoms with E-state index in [1.807, 2.05) is 6.92 Å². The van der Waals surface area contributed by atoms with Crippen LogP contribution in [0, 0.1) is 5.92 Å². The Balaban J connectivity index is 1.77. The van der Waals surface area contributed by atoms with E-state index < -0.39 is 6.10 Å². The monoisotopic (exact) mass is 390 g/mol. The number of rotatable bonds is 11. The van der Waals surface area contributed by atoms with Crippen LogP contribution in [0.25, 0.3) is 0 Å². The molecule has 158 valence electrons. The summed E-state index contributed by atoms with van der Waals surface area (Å²) in [5, 5.41) is 16.5. The maximum Gasteiger partial charge on any atom is 0.191 e. The summed E-state index contributed by atoms with van der Waals surface area (Å²) in [5.74, 6) is 1.19. The predicted octanol–water partition coefficient (Wildman–Crippen LogP) is 2.37. The van der Waals surface area contributed by atoms with Gasteiger partial charge >= 0.3 is 0 Å². The molecular formula is C22H38N4O2. The molecular weight excluding hydrogens is 352 g/mol. The number of likely N-dealkylation sites (tertiary alicyclic amines) is 1. The molecule has 1 atom stereocenters. The highest BCUT2D eigenvalue weighted by molar-refractivity contribution is 5.79. The number of aliphatic imine (C=N–C) groups is 1. The van der Waals surface area contributed by atoms with Crippen molar-refractivity contribution in [3.63, 3.8) is 0 Å². The summed E-state index contributed by atoms with van der Waals surface area (Å²) in [5.41, 5.74) is 2.55. The van der Waals surface area contributed by atoms with E-state index in [0.29, 0.717) is 38.2 Å². The van der Waals surface area contributed by atoms with Gasteiger partial charge in [-0.05, 0) is 49.9 Å². The Kier molecular flexibility index (Phi) is 10.3. The first kappa shape index (κ1) is 22.7. The maximum absolute atomic E-state index is 10.0. The van der Waals surface area contributed by atoms with Gasteiger partial charge in [0.15, 0.2) is 5.96 Å². The zero-order valence-corrected chi connectivity index (χ0v) is 17.8. The van der Waals surface area contributed by atoms with Gasteiger partial charge in [-0.2, -0.15) is 0 Å². The molecule has 1 unspecified atom stereocenters. The van der Waals surface area contributed by atoms with E-state index in [9.17, 15) is 5.11 Å². The van der Waals surface area contributed by atoms with Gasteiger partial charge in [0, 0.05) is 26.2 Å². The molecule has 0 saturated carbocycles. The van der Waals surface area contributed by atoms with Crippen LogP contribution in [0.4, 0.5) is 0 Å². The third-order valence-electron chi connectivity index (χ3n) is 4.66. The molecule has 1 saturated heterocycles. The minimum atomic E-state index is -0.549. The number of nitrogens with one attached hydrogen (secondary N) is 2. The second-order valence-electron chi connectivity index (χ2n) is 7.96. The van der Waals surface area contributed by atoms with Crippen LogP contribution in [0.15, 0.2) is 29.3 Å². The highest BCUT2D eigenvalue weighted by Crippen LogP contribution is 2.13. The first-order valence-electron chi connectivity index (χ1n) is 10.6. The van der Waals surface area contributed by atoms with Crippen molar-refractivity contribution in [2.24, 2.45) is 10.9 Å². The topological polar surface area (TPSA) is 69.1 Å². The highest BCUT2D eigenvalue weighted by Gasteiger charge is 2.11. The molecule has 0 radical (unpaired) electrons. The summed E-state index contributed by atoms with van der Waals surface area (Å²) >= 11 is 0. The standard InChI is InChI=1S/C22H38N4O2/c1-4-23-22(25-14-21(27)17-28-16-18(2)3)24-13-19-7-9-20(10-8-19)15-26-11-5-6-12-26/h7-10,18,21,27H,4-6,11-17H2,1-3H3,(H2,23,24,25). The Morgan fingerprint density at radius 1 is 1.11 bits per heavy atom. The van der Waals surface area contributed by atoms with Gasteiger partial charge < -0.3 is 20.5 Å². The first-order valence-corrected chi connectivity index (χ1v) is 10.6. The van der Waals surface area contributed by atoms with Crippen LogP contribution in [0.1, 0.15) is 44.7 Å². The van der Waals surface area contributed by atoms with Crippen LogP contribution in [-0.2, 0) is 17.8 Å². The van der Waals surface area contributed by atoms with Gasteiger partial charge in [-0.25, -0.2) is 4.99 Å². The summed E-state index contributed by atoms with van der Waals surface area (Å²) in [6, 6.07) is 8.73. The van der Waals surface area contributed by atoms with Crippen LogP contribution in [0.2, 0.25) is 0 Å². The Bertz CT molecular complexity index is 568. The zero-order valence-electron chi connectivity index (χ0n) is 17.8. The molecule has 3 N–H and O–H groups in total. The van der Waals surface area contributed by atoms with E-state index in [0.717, 1.165) is 13.1 Å². The SMILES string of the molecule is CCNC(=NCc1ccc(CN2CCCC2)cc1)NCC(O)COCC(C)C. The van der Waals surface area contributed by atoms with Gasteiger partial charge in [0.25, 0.3) is 0 Å². The average molecular weight is 391 g/mol. The van der Waals surface area contributed by atoms with E-state index in [2.05, 4.69) is 58.6 Å². The third-order valence-corrected chi connectivity index (χ3v) is 4.66. The van der Waals surface area contributed by atoms with Crippen molar-refractivity contribution in [2.45, 2.75) is 52.8 Å². The Hall–Kier alpha value is -1.63. The molecule has 1 aromatic carbocycles. The molecule has 1 heterocycles. The van der Waals surface area contributed by atoms with E-state index in [1.54, 1.807) is 0 Å². The molecule has 6 nitrogen and oxygen atoms in total. The van der Waals surface area contributed by atoms with E-state index in [4.69, 9.17) is 4.74 Å². The number of benzene rings is 1. The average Bonchev–Trinajstić information content (AvgIpc) is 3.18. The minimum Gasteiger partial charge on any atom is -0.389 e. The second-order valence-corrected chi connectivity index (χ2v) is 7.96. The molecule has 1 fully saturated rings. The van der Waals surface area contributed by atoms with Gasteiger partial charge in [-0.15, -0.1) is 0 Å². The number of nitrogens with zero attached hydrogens (tertiary/aromatic N) is 2. The summed E-state index contributed by atoms with van der Waals surface area (Å²) in [7, 11) is 0. The van der Waals surface area contributed by atoms with Crippen molar-refractivity contribution < 1.29 is 9.84 Å². The highest BCUT2D eigenvalue weighted by atomic mass is 16.5. The largest absolute Gasteiger partial charge is 0.389 e. The number of ether oxygens (including phenoxy) is 1. The Labute approximate surface area is 170 Å². The lowest BCUT2D eigenvalue weighted by Gasteiger charge is -2.16. The predicted molar refractivity (Wildman–Crippen MR) is 115 cm³/mol. The quantitative estimate of drug-likeness (QED) is 0.400. The van der Waals surface area contributed by atoms with Crippen LogP contribution in [0.5, 0.6) is 0 Å². The van der Waals surface area contributed by atoms with Crippen LogP contribution < -0.4 is 10.6 Å². The van der Waals surface area contributed by atoms with Crippen molar-refractivity contribution in [1.29, 1.82) is 0 Å². The van der Waals surface area contributed by atoms with Gasteiger partial charge in [-0.1, -0.05) is 38.1 Å². The lowest BCUT2D eigenvalue weighted by atomic mass is 10.1. The van der Waals surface area contributed by atoms with Gasteiger partial charge in [0.2, 0.25) is 0 Å². The van der Waals surface area contributed by atoms with E-state index >= 15 is 0 Å². The fourth-order valence-corrected chi connectivity index (χ4v) is 3.17. The van der Waals surface area contributed by atoms with Crippen molar-refractivity contribution in [1.82, 2.24) is 15.5 Å². The lowest BCUT2D eigenvalue weighted by molar-refractivity contribution is 0.0280. The van der Waals surface area contributed by atoms with Crippen LogP contribution >= 0.6 is 0 Å². The number of guanidine groups is 1. The number of hydrogen-bond acceptors (Lipinski definition) is 4. The van der Waals surface area contributed by atoms with Gasteiger partial charge in [0.1, 0.15) is 0 Å². The zero-order chi connectivity index (χ0) is 20.2. The molecule has 0 amide bonds. The molecule has 1 aromatic rings. The Morgan fingerprint density at radius 3 is 2.43 bits per heavy atom. The molecule has 28 heavy (non-hydrogen) atoms. The van der Waals surface area contributed by atoms with Gasteiger partial charge in [0.05, 0.1) is 19.3 Å². The normalized spacial score (nSPS) is 16.5. The van der Waals surface area contributed by atoms with Crippen LogP contribution in [0.3, 0.4) is 0 Å². The molecule has 1 aliphatic rings. The summed E-state index contributed by atoms with van der Waals surface area (Å²) in [6.07, 6.45) is 2.10. The fourth-order valence-electron chi connectivity index (χ4n) is 3.17. The Morgan fingerprint density at radius 2 is 1.79 bits per heavy atom. The number of hydrogen-bond donors (Lipinski definition) is 3. The lowest BCUT2D eigenvalue weighted by Crippen LogP contribution is -2.42. The molecule has 6 heteroatoms. The van der Waals surface area contributed by atoms with Crippen molar-refractivity contribution in [2.75, 3.05) is 39.4 Å². The number of aliphatic hydroxyl groups is 1. The fraction of sp³-hybridized carbons (Fsp3) is 0.682. The smallest absolute Gasteiger partial charge is 0.191 e. The summed E-state index contributed by atoms with van der Waals surface area (Å²) < 4.78 is 5.48. The van der Waals surface area contributed by atoms with E-state index in [1.165, 1.54) is 37.1 Å². The molecule has 1 aliphatic heterocycles. The maximum atomic E-state index is 10.0. The second kappa shape index (κ2) is 12.8. The van der Waals surface area contributed by atoms with Crippen molar-refractivity contribution >= 4 is 5.96 Å². The van der Waals surface area contributed by atoms with Crippen molar-refractivity contribution in [3.05, 3.63) is 35.4 Å². The first-order chi connectivity index (χ1) is 13.6. The van der Waals surface area contributed by atoms with Crippen LogP contribution in [-0.4, -0.2) is 61.5 Å².